The molecule has 0 heteroatoms. The maximum Gasteiger partial charge on any atom is 0.00869 e. The normalized spacial score (nSPS) is 13.0. The fraction of sp³-hybridized carbons (Fsp3) is 0.250. The Hall–Kier alpha value is -3.12. The number of hydrogen-bond acceptors (Lipinski definition) is 0. The van der Waals surface area contributed by atoms with Crippen molar-refractivity contribution in [3.05, 3.63) is 131 Å². The van der Waals surface area contributed by atoms with Crippen molar-refractivity contribution < 1.29 is 0 Å². The van der Waals surface area contributed by atoms with Gasteiger partial charge < -0.3 is 0 Å². The molecule has 4 aromatic carbocycles. The maximum absolute atomic E-state index is 2.44. The van der Waals surface area contributed by atoms with Crippen LogP contribution in [0.1, 0.15) is 66.3 Å². The Kier molecular flexibility index (Phi) is 7.22. The molecule has 2 unspecified atom stereocenters. The van der Waals surface area contributed by atoms with Crippen LogP contribution in [0.15, 0.2) is 103 Å². The van der Waals surface area contributed by atoms with Crippen molar-refractivity contribution in [3.63, 3.8) is 0 Å². The van der Waals surface area contributed by atoms with Gasteiger partial charge in [-0.15, -0.1) is 0 Å². The quantitative estimate of drug-likeness (QED) is 0.268. The first-order chi connectivity index (χ1) is 15.7. The number of benzene rings is 4. The van der Waals surface area contributed by atoms with Gasteiger partial charge in [-0.05, 0) is 71.0 Å². The molecule has 4 aromatic rings. The van der Waals surface area contributed by atoms with Crippen LogP contribution in [0.5, 0.6) is 0 Å². The van der Waals surface area contributed by atoms with Gasteiger partial charge in [0.05, 0.1) is 0 Å². The van der Waals surface area contributed by atoms with Gasteiger partial charge in [0.2, 0.25) is 0 Å². The standard InChI is InChI=1S/C32H34/c1-4-29(27-15-9-6-10-16-27)28-22-20-25(3)32(23-28)31-18-12-11-17-30(31)24(2)19-21-26-13-7-5-8-14-26/h5-18,20,22-24,29H,4,19,21H2,1-3H3. The summed E-state index contributed by atoms with van der Waals surface area (Å²) in [5.41, 5.74) is 9.79. The van der Waals surface area contributed by atoms with E-state index in [2.05, 4.69) is 124 Å². The van der Waals surface area contributed by atoms with E-state index in [4.69, 9.17) is 0 Å². The van der Waals surface area contributed by atoms with Gasteiger partial charge in [-0.3, -0.25) is 0 Å². The van der Waals surface area contributed by atoms with Crippen molar-refractivity contribution in [2.45, 2.75) is 51.9 Å². The number of aryl methyl sites for hydroxylation is 2. The van der Waals surface area contributed by atoms with Gasteiger partial charge in [-0.1, -0.05) is 117 Å². The van der Waals surface area contributed by atoms with Crippen LogP contribution < -0.4 is 0 Å². The molecule has 0 saturated heterocycles. The molecule has 162 valence electrons. The molecule has 2 atom stereocenters. The molecule has 0 aliphatic rings. The summed E-state index contributed by atoms with van der Waals surface area (Å²) in [6, 6.07) is 37.8. The summed E-state index contributed by atoms with van der Waals surface area (Å²) in [6.45, 7) is 6.91. The van der Waals surface area contributed by atoms with Gasteiger partial charge in [0.25, 0.3) is 0 Å². The lowest BCUT2D eigenvalue weighted by Gasteiger charge is -2.21. The van der Waals surface area contributed by atoms with Gasteiger partial charge >= 0.3 is 0 Å². The van der Waals surface area contributed by atoms with E-state index < -0.39 is 0 Å². The smallest absolute Gasteiger partial charge is 0.00869 e. The van der Waals surface area contributed by atoms with Gasteiger partial charge in [-0.2, -0.15) is 0 Å². The van der Waals surface area contributed by atoms with Crippen molar-refractivity contribution in [2.24, 2.45) is 0 Å². The molecule has 0 N–H and O–H groups in total. The molecule has 0 fully saturated rings. The Bertz CT molecular complexity index is 1130. The van der Waals surface area contributed by atoms with Crippen LogP contribution in [0.25, 0.3) is 11.1 Å². The fourth-order valence-corrected chi connectivity index (χ4v) is 4.85. The Labute approximate surface area is 194 Å². The summed E-state index contributed by atoms with van der Waals surface area (Å²) in [4.78, 5) is 0. The average molecular weight is 419 g/mol. The van der Waals surface area contributed by atoms with Crippen LogP contribution >= 0.6 is 0 Å². The van der Waals surface area contributed by atoms with E-state index in [-0.39, 0.29) is 0 Å². The van der Waals surface area contributed by atoms with Gasteiger partial charge in [-0.25, -0.2) is 0 Å². The van der Waals surface area contributed by atoms with Crippen LogP contribution in [-0.4, -0.2) is 0 Å². The highest BCUT2D eigenvalue weighted by Gasteiger charge is 2.17. The topological polar surface area (TPSA) is 0 Å². The van der Waals surface area contributed by atoms with E-state index in [9.17, 15) is 0 Å². The molecule has 0 amide bonds. The van der Waals surface area contributed by atoms with E-state index in [0.717, 1.165) is 19.3 Å². The average Bonchev–Trinajstić information content (AvgIpc) is 2.85. The first-order valence-electron chi connectivity index (χ1n) is 12.0. The molecule has 0 heterocycles. The lowest BCUT2D eigenvalue weighted by atomic mass is 9.83. The van der Waals surface area contributed by atoms with E-state index in [1.165, 1.54) is 38.9 Å². The third kappa shape index (κ3) is 5.02. The second-order valence-electron chi connectivity index (χ2n) is 8.96. The maximum atomic E-state index is 2.44. The highest BCUT2D eigenvalue weighted by Crippen LogP contribution is 2.37. The predicted octanol–water partition coefficient (Wildman–Crippen LogP) is 8.94. The van der Waals surface area contributed by atoms with E-state index in [1.807, 2.05) is 0 Å². The van der Waals surface area contributed by atoms with Crippen LogP contribution in [0.3, 0.4) is 0 Å². The third-order valence-electron chi connectivity index (χ3n) is 6.76. The lowest BCUT2D eigenvalue weighted by Crippen LogP contribution is -2.02. The molecular weight excluding hydrogens is 384 g/mol. The zero-order chi connectivity index (χ0) is 22.3. The van der Waals surface area contributed by atoms with Crippen LogP contribution in [0.2, 0.25) is 0 Å². The first kappa shape index (κ1) is 22.1. The Morgan fingerprint density at radius 1 is 0.656 bits per heavy atom. The zero-order valence-electron chi connectivity index (χ0n) is 19.6. The molecule has 0 radical (unpaired) electrons. The summed E-state index contributed by atoms with van der Waals surface area (Å²) in [7, 11) is 0. The van der Waals surface area contributed by atoms with Crippen molar-refractivity contribution >= 4 is 0 Å². The summed E-state index contributed by atoms with van der Waals surface area (Å²) in [5.74, 6) is 0.934. The van der Waals surface area contributed by atoms with Gasteiger partial charge in [0.15, 0.2) is 0 Å². The fourth-order valence-electron chi connectivity index (χ4n) is 4.85. The SMILES string of the molecule is CCC(c1ccccc1)c1ccc(C)c(-c2ccccc2C(C)CCc2ccccc2)c1. The predicted molar refractivity (Wildman–Crippen MR) is 138 cm³/mol. The Morgan fingerprint density at radius 2 is 1.31 bits per heavy atom. The molecule has 0 aliphatic carbocycles. The van der Waals surface area contributed by atoms with Gasteiger partial charge in [0.1, 0.15) is 0 Å². The second kappa shape index (κ2) is 10.5. The third-order valence-corrected chi connectivity index (χ3v) is 6.76. The molecule has 0 nitrogen and oxygen atoms in total. The first-order valence-corrected chi connectivity index (χ1v) is 12.0. The van der Waals surface area contributed by atoms with Crippen molar-refractivity contribution in [2.75, 3.05) is 0 Å². The summed E-state index contributed by atoms with van der Waals surface area (Å²) in [6.07, 6.45) is 3.37. The largest absolute Gasteiger partial charge is 0.0645 e. The minimum absolute atomic E-state index is 0.429. The number of rotatable bonds is 8. The minimum Gasteiger partial charge on any atom is -0.0645 e. The van der Waals surface area contributed by atoms with Crippen LogP contribution in [0, 0.1) is 6.92 Å². The van der Waals surface area contributed by atoms with Crippen LogP contribution in [-0.2, 0) is 6.42 Å². The van der Waals surface area contributed by atoms with Crippen LogP contribution in [0.4, 0.5) is 0 Å². The lowest BCUT2D eigenvalue weighted by molar-refractivity contribution is 0.681. The molecule has 0 aromatic heterocycles. The van der Waals surface area contributed by atoms with E-state index in [0.29, 0.717) is 11.8 Å². The number of hydrogen-bond donors (Lipinski definition) is 0. The molecule has 4 rings (SSSR count). The summed E-state index contributed by atoms with van der Waals surface area (Å²) < 4.78 is 0. The Balaban J connectivity index is 1.66. The van der Waals surface area contributed by atoms with Crippen molar-refractivity contribution in [1.82, 2.24) is 0 Å². The van der Waals surface area contributed by atoms with E-state index >= 15 is 0 Å². The van der Waals surface area contributed by atoms with Crippen molar-refractivity contribution in [3.8, 4) is 11.1 Å². The summed E-state index contributed by atoms with van der Waals surface area (Å²) in [5, 5.41) is 0. The molecular formula is C32H34. The molecule has 0 bridgehead atoms. The zero-order valence-corrected chi connectivity index (χ0v) is 19.6. The second-order valence-corrected chi connectivity index (χ2v) is 8.96. The monoisotopic (exact) mass is 418 g/mol. The minimum atomic E-state index is 0.429. The summed E-state index contributed by atoms with van der Waals surface area (Å²) >= 11 is 0. The van der Waals surface area contributed by atoms with Gasteiger partial charge in [0, 0.05) is 5.92 Å². The molecule has 0 spiro atoms. The van der Waals surface area contributed by atoms with E-state index in [1.54, 1.807) is 0 Å². The highest BCUT2D eigenvalue weighted by atomic mass is 14.2. The molecule has 32 heavy (non-hydrogen) atoms. The molecule has 0 aliphatic heterocycles. The highest BCUT2D eigenvalue weighted by molar-refractivity contribution is 5.72. The Morgan fingerprint density at radius 3 is 2.03 bits per heavy atom. The van der Waals surface area contributed by atoms with Crippen molar-refractivity contribution in [1.29, 1.82) is 0 Å². The molecule has 0 saturated carbocycles.